The maximum Gasteiger partial charge on any atom is 0.293 e. The van der Waals surface area contributed by atoms with E-state index in [4.69, 9.17) is 0 Å². The summed E-state index contributed by atoms with van der Waals surface area (Å²) >= 11 is 0. The molecule has 0 saturated carbocycles. The summed E-state index contributed by atoms with van der Waals surface area (Å²) in [5.74, 6) is 0.435. The molecule has 94 valence electrons. The maximum absolute atomic E-state index is 11.7. The highest BCUT2D eigenvalue weighted by atomic mass is 16.1. The zero-order valence-corrected chi connectivity index (χ0v) is 10.1. The van der Waals surface area contributed by atoms with Crippen LogP contribution in [0.4, 0.5) is 5.82 Å². The lowest BCUT2D eigenvalue weighted by atomic mass is 10.3. The van der Waals surface area contributed by atoms with Crippen LogP contribution in [0.1, 0.15) is 0 Å². The van der Waals surface area contributed by atoms with Gasteiger partial charge >= 0.3 is 0 Å². The average molecular weight is 237 g/mol. The van der Waals surface area contributed by atoms with Crippen molar-refractivity contribution < 1.29 is 0 Å². The number of hydrogen-bond acceptors (Lipinski definition) is 5. The number of nitrogens with zero attached hydrogens (tertiary/aromatic N) is 3. The van der Waals surface area contributed by atoms with Crippen LogP contribution >= 0.6 is 0 Å². The van der Waals surface area contributed by atoms with Crippen molar-refractivity contribution in [2.45, 2.75) is 0 Å². The molecule has 0 unspecified atom stereocenters. The number of rotatable bonds is 4. The van der Waals surface area contributed by atoms with Crippen molar-refractivity contribution in [1.82, 2.24) is 19.8 Å². The molecule has 0 amide bonds. The van der Waals surface area contributed by atoms with Gasteiger partial charge in [0.1, 0.15) is 0 Å². The Bertz CT molecular complexity index is 411. The molecule has 2 N–H and O–H groups in total. The molecule has 1 aromatic rings. The van der Waals surface area contributed by atoms with E-state index in [1.165, 1.54) is 4.57 Å². The van der Waals surface area contributed by atoms with Crippen LogP contribution in [0.5, 0.6) is 0 Å². The Morgan fingerprint density at radius 3 is 3.00 bits per heavy atom. The second kappa shape index (κ2) is 5.79. The lowest BCUT2D eigenvalue weighted by Crippen LogP contribution is -2.45. The molecule has 0 spiro atoms. The molecule has 0 aromatic carbocycles. The van der Waals surface area contributed by atoms with E-state index < -0.39 is 0 Å². The largest absolute Gasteiger partial charge is 0.364 e. The van der Waals surface area contributed by atoms with Gasteiger partial charge in [-0.1, -0.05) is 0 Å². The fourth-order valence-corrected chi connectivity index (χ4v) is 1.89. The quantitative estimate of drug-likeness (QED) is 0.710. The first-order valence-corrected chi connectivity index (χ1v) is 5.96. The zero-order chi connectivity index (χ0) is 12.1. The Hall–Kier alpha value is -1.40. The Labute approximate surface area is 101 Å². The number of aryl methyl sites for hydroxylation is 1. The van der Waals surface area contributed by atoms with Gasteiger partial charge in [-0.3, -0.25) is 9.69 Å². The number of nitrogens with one attached hydrogen (secondary N) is 2. The first-order chi connectivity index (χ1) is 8.27. The predicted octanol–water partition coefficient (Wildman–Crippen LogP) is -0.903. The molecule has 0 bridgehead atoms. The first kappa shape index (κ1) is 12.1. The fourth-order valence-electron chi connectivity index (χ4n) is 1.89. The summed E-state index contributed by atoms with van der Waals surface area (Å²) in [5, 5.41) is 6.41. The van der Waals surface area contributed by atoms with E-state index in [2.05, 4.69) is 20.5 Å². The summed E-state index contributed by atoms with van der Waals surface area (Å²) in [7, 11) is 1.73. The van der Waals surface area contributed by atoms with Crippen molar-refractivity contribution >= 4 is 5.82 Å². The molecule has 0 aliphatic carbocycles. The van der Waals surface area contributed by atoms with Gasteiger partial charge < -0.3 is 15.2 Å². The summed E-state index contributed by atoms with van der Waals surface area (Å²) in [6.45, 7) is 5.94. The summed E-state index contributed by atoms with van der Waals surface area (Å²) in [6.07, 6.45) is 3.29. The number of piperazine rings is 1. The summed E-state index contributed by atoms with van der Waals surface area (Å²) < 4.78 is 1.53. The van der Waals surface area contributed by atoms with Gasteiger partial charge in [0.2, 0.25) is 0 Å². The van der Waals surface area contributed by atoms with Gasteiger partial charge in [0.05, 0.1) is 0 Å². The van der Waals surface area contributed by atoms with E-state index in [1.54, 1.807) is 19.4 Å². The molecule has 1 aromatic heterocycles. The van der Waals surface area contributed by atoms with Crippen molar-refractivity contribution in [3.63, 3.8) is 0 Å². The monoisotopic (exact) mass is 237 g/mol. The highest BCUT2D eigenvalue weighted by molar-refractivity contribution is 5.30. The van der Waals surface area contributed by atoms with Crippen LogP contribution in [-0.2, 0) is 7.05 Å². The first-order valence-electron chi connectivity index (χ1n) is 5.96. The van der Waals surface area contributed by atoms with Gasteiger partial charge in [0, 0.05) is 58.7 Å². The van der Waals surface area contributed by atoms with Gasteiger partial charge in [-0.25, -0.2) is 4.98 Å². The van der Waals surface area contributed by atoms with Crippen molar-refractivity contribution in [2.24, 2.45) is 7.05 Å². The van der Waals surface area contributed by atoms with Crippen molar-refractivity contribution in [2.75, 3.05) is 44.6 Å². The molecule has 17 heavy (non-hydrogen) atoms. The van der Waals surface area contributed by atoms with Gasteiger partial charge in [0.15, 0.2) is 5.82 Å². The van der Waals surface area contributed by atoms with Gasteiger partial charge in [-0.2, -0.15) is 0 Å². The smallest absolute Gasteiger partial charge is 0.293 e. The molecule has 6 heteroatoms. The SMILES string of the molecule is Cn1ccnc(NCCN2CCNCC2)c1=O. The lowest BCUT2D eigenvalue weighted by molar-refractivity contribution is 0.249. The maximum atomic E-state index is 11.7. The summed E-state index contributed by atoms with van der Waals surface area (Å²) in [6, 6.07) is 0. The highest BCUT2D eigenvalue weighted by Gasteiger charge is 2.09. The molecule has 6 nitrogen and oxygen atoms in total. The van der Waals surface area contributed by atoms with Gasteiger partial charge in [-0.05, 0) is 0 Å². The minimum atomic E-state index is -0.0761. The lowest BCUT2D eigenvalue weighted by Gasteiger charge is -2.27. The predicted molar refractivity (Wildman–Crippen MR) is 67.3 cm³/mol. The molecule has 1 aliphatic rings. The van der Waals surface area contributed by atoms with E-state index in [9.17, 15) is 4.79 Å². The zero-order valence-electron chi connectivity index (χ0n) is 10.1. The molecule has 0 atom stereocenters. The second-order valence-electron chi connectivity index (χ2n) is 4.21. The van der Waals surface area contributed by atoms with E-state index in [0.29, 0.717) is 5.82 Å². The third-order valence-corrected chi connectivity index (χ3v) is 2.95. The molecule has 2 heterocycles. The van der Waals surface area contributed by atoms with Crippen LogP contribution in [0.25, 0.3) is 0 Å². The third-order valence-electron chi connectivity index (χ3n) is 2.95. The van der Waals surface area contributed by atoms with Crippen LogP contribution in [0.15, 0.2) is 17.2 Å². The molecule has 1 fully saturated rings. The van der Waals surface area contributed by atoms with Crippen LogP contribution < -0.4 is 16.2 Å². The minimum absolute atomic E-state index is 0.0761. The van der Waals surface area contributed by atoms with Gasteiger partial charge in [-0.15, -0.1) is 0 Å². The van der Waals surface area contributed by atoms with E-state index in [-0.39, 0.29) is 5.56 Å². The highest BCUT2D eigenvalue weighted by Crippen LogP contribution is 1.94. The molecular weight excluding hydrogens is 218 g/mol. The summed E-state index contributed by atoms with van der Waals surface area (Å²) in [5.41, 5.74) is -0.0761. The van der Waals surface area contributed by atoms with Crippen molar-refractivity contribution in [3.8, 4) is 0 Å². The number of aromatic nitrogens is 2. The molecular formula is C11H19N5O. The molecule has 1 aliphatic heterocycles. The Morgan fingerprint density at radius 1 is 1.47 bits per heavy atom. The molecule has 1 saturated heterocycles. The third kappa shape index (κ3) is 3.28. The Morgan fingerprint density at radius 2 is 2.24 bits per heavy atom. The topological polar surface area (TPSA) is 62.2 Å². The number of hydrogen-bond donors (Lipinski definition) is 2. The van der Waals surface area contributed by atoms with Crippen LogP contribution in [0, 0.1) is 0 Å². The minimum Gasteiger partial charge on any atom is -0.364 e. The van der Waals surface area contributed by atoms with Crippen LogP contribution in [0.3, 0.4) is 0 Å². The second-order valence-corrected chi connectivity index (χ2v) is 4.21. The van der Waals surface area contributed by atoms with E-state index in [1.807, 2.05) is 0 Å². The standard InChI is InChI=1S/C11H19N5O/c1-15-6-4-13-10(11(15)17)14-5-9-16-7-2-12-3-8-16/h4,6,12H,2-3,5,7-9H2,1H3,(H,13,14). The van der Waals surface area contributed by atoms with Crippen LogP contribution in [0.2, 0.25) is 0 Å². The van der Waals surface area contributed by atoms with E-state index >= 15 is 0 Å². The normalized spacial score (nSPS) is 17.0. The molecule has 0 radical (unpaired) electrons. The van der Waals surface area contributed by atoms with Crippen molar-refractivity contribution in [1.29, 1.82) is 0 Å². The Balaban J connectivity index is 1.81. The fraction of sp³-hybridized carbons (Fsp3) is 0.636. The van der Waals surface area contributed by atoms with Crippen molar-refractivity contribution in [3.05, 3.63) is 22.7 Å². The van der Waals surface area contributed by atoms with Crippen LogP contribution in [-0.4, -0.2) is 53.7 Å². The Kier molecular flexibility index (Phi) is 4.11. The summed E-state index contributed by atoms with van der Waals surface area (Å²) in [4.78, 5) is 18.1. The average Bonchev–Trinajstić information content (AvgIpc) is 2.36. The van der Waals surface area contributed by atoms with E-state index in [0.717, 1.165) is 39.3 Å². The van der Waals surface area contributed by atoms with Gasteiger partial charge in [0.25, 0.3) is 5.56 Å². The number of anilines is 1. The molecule has 2 rings (SSSR count).